The van der Waals surface area contributed by atoms with E-state index in [0.717, 1.165) is 25.6 Å². The van der Waals surface area contributed by atoms with Crippen molar-refractivity contribution in [2.24, 2.45) is 5.41 Å². The van der Waals surface area contributed by atoms with Crippen LogP contribution in [0.25, 0.3) is 0 Å². The Morgan fingerprint density at radius 1 is 1.25 bits per heavy atom. The highest BCUT2D eigenvalue weighted by Gasteiger charge is 2.39. The molecule has 1 amide bonds. The van der Waals surface area contributed by atoms with Crippen molar-refractivity contribution in [1.82, 2.24) is 10.2 Å². The highest BCUT2D eigenvalue weighted by molar-refractivity contribution is 5.85. The number of carbonyl (C=O) groups excluding carboxylic acids is 1. The number of carbonyl (C=O) groups is 2. The second kappa shape index (κ2) is 6.12. The largest absolute Gasteiger partial charge is 0.481 e. The fourth-order valence-corrected chi connectivity index (χ4v) is 3.14. The summed E-state index contributed by atoms with van der Waals surface area (Å²) in [5, 5.41) is 12.4. The van der Waals surface area contributed by atoms with E-state index in [2.05, 4.69) is 10.2 Å². The summed E-state index contributed by atoms with van der Waals surface area (Å²) in [6, 6.07) is 0.935. The number of rotatable bonds is 7. The minimum atomic E-state index is -0.904. The molecule has 0 spiro atoms. The molecule has 1 unspecified atom stereocenters. The molecule has 5 heteroatoms. The van der Waals surface area contributed by atoms with Gasteiger partial charge in [-0.2, -0.15) is 0 Å². The van der Waals surface area contributed by atoms with Crippen LogP contribution in [0, 0.1) is 5.41 Å². The van der Waals surface area contributed by atoms with Gasteiger partial charge in [-0.3, -0.25) is 14.5 Å². The van der Waals surface area contributed by atoms with Crippen molar-refractivity contribution in [2.75, 3.05) is 13.1 Å². The Morgan fingerprint density at radius 3 is 2.40 bits per heavy atom. The van der Waals surface area contributed by atoms with Gasteiger partial charge in [-0.1, -0.05) is 13.8 Å². The van der Waals surface area contributed by atoms with E-state index < -0.39 is 11.4 Å². The zero-order chi connectivity index (χ0) is 14.8. The molecule has 0 radical (unpaired) electrons. The fourth-order valence-electron chi connectivity index (χ4n) is 3.14. The number of nitrogens with zero attached hydrogens (tertiary/aromatic N) is 1. The summed E-state index contributed by atoms with van der Waals surface area (Å²) >= 11 is 0. The molecule has 1 aliphatic carbocycles. The predicted octanol–water partition coefficient (Wildman–Crippen LogP) is 1.62. The molecular formula is C15H26N2O3. The van der Waals surface area contributed by atoms with Crippen molar-refractivity contribution in [3.05, 3.63) is 0 Å². The first-order valence-electron chi connectivity index (χ1n) is 7.77. The number of hydrogen-bond donors (Lipinski definition) is 2. The van der Waals surface area contributed by atoms with Crippen LogP contribution in [0.4, 0.5) is 0 Å². The predicted molar refractivity (Wildman–Crippen MR) is 76.4 cm³/mol. The standard InChI is InChI=1S/C15H26N2O3/c1-3-15(4-2,14(19)20)9-13(18)16-11-7-8-17(10-11)12-5-6-12/h11-12H,3-10H2,1-2H3,(H,16,18)(H,19,20). The molecule has 2 N–H and O–H groups in total. The summed E-state index contributed by atoms with van der Waals surface area (Å²) < 4.78 is 0. The molecule has 1 aliphatic heterocycles. The fraction of sp³-hybridized carbons (Fsp3) is 0.867. The average molecular weight is 282 g/mol. The summed E-state index contributed by atoms with van der Waals surface area (Å²) in [5.74, 6) is -0.970. The van der Waals surface area contributed by atoms with Crippen molar-refractivity contribution in [3.8, 4) is 0 Å². The van der Waals surface area contributed by atoms with Gasteiger partial charge in [0.15, 0.2) is 0 Å². The number of amides is 1. The van der Waals surface area contributed by atoms with Crippen LogP contribution in [0.5, 0.6) is 0 Å². The lowest BCUT2D eigenvalue weighted by atomic mass is 9.79. The van der Waals surface area contributed by atoms with Gasteiger partial charge in [-0.05, 0) is 32.1 Å². The van der Waals surface area contributed by atoms with Crippen LogP contribution >= 0.6 is 0 Å². The highest BCUT2D eigenvalue weighted by Crippen LogP contribution is 2.32. The van der Waals surface area contributed by atoms with Gasteiger partial charge in [0.25, 0.3) is 0 Å². The highest BCUT2D eigenvalue weighted by atomic mass is 16.4. The van der Waals surface area contributed by atoms with Gasteiger partial charge in [0.05, 0.1) is 5.41 Å². The van der Waals surface area contributed by atoms with E-state index in [1.165, 1.54) is 12.8 Å². The molecule has 1 atom stereocenters. The van der Waals surface area contributed by atoms with Crippen LogP contribution in [0.1, 0.15) is 52.4 Å². The Morgan fingerprint density at radius 2 is 1.90 bits per heavy atom. The molecular weight excluding hydrogens is 256 g/mol. The maximum Gasteiger partial charge on any atom is 0.310 e. The summed E-state index contributed by atoms with van der Waals surface area (Å²) in [4.78, 5) is 26.0. The van der Waals surface area contributed by atoms with Gasteiger partial charge >= 0.3 is 5.97 Å². The van der Waals surface area contributed by atoms with Crippen molar-refractivity contribution in [3.63, 3.8) is 0 Å². The third-order valence-corrected chi connectivity index (χ3v) is 4.95. The van der Waals surface area contributed by atoms with Gasteiger partial charge in [0.1, 0.15) is 0 Å². The van der Waals surface area contributed by atoms with E-state index in [-0.39, 0.29) is 18.4 Å². The van der Waals surface area contributed by atoms with Gasteiger partial charge < -0.3 is 10.4 Å². The molecule has 0 aromatic rings. The Bertz CT molecular complexity index is 375. The Labute approximate surface area is 120 Å². The van der Waals surface area contributed by atoms with Crippen molar-refractivity contribution < 1.29 is 14.7 Å². The zero-order valence-electron chi connectivity index (χ0n) is 12.5. The molecule has 1 heterocycles. The molecule has 114 valence electrons. The third kappa shape index (κ3) is 3.32. The Kier molecular flexibility index (Phi) is 4.68. The second-order valence-electron chi connectivity index (χ2n) is 6.25. The molecule has 0 aromatic heterocycles. The Balaban J connectivity index is 1.83. The van der Waals surface area contributed by atoms with Crippen LogP contribution in [-0.2, 0) is 9.59 Å². The lowest BCUT2D eigenvalue weighted by Crippen LogP contribution is -2.42. The van der Waals surface area contributed by atoms with Gasteiger partial charge in [0.2, 0.25) is 5.91 Å². The summed E-state index contributed by atoms with van der Waals surface area (Å²) in [6.07, 6.45) is 4.63. The zero-order valence-corrected chi connectivity index (χ0v) is 12.5. The molecule has 1 saturated carbocycles. The van der Waals surface area contributed by atoms with Crippen molar-refractivity contribution in [1.29, 1.82) is 0 Å². The van der Waals surface area contributed by atoms with Gasteiger partial charge in [-0.25, -0.2) is 0 Å². The van der Waals surface area contributed by atoms with Crippen LogP contribution in [0.15, 0.2) is 0 Å². The van der Waals surface area contributed by atoms with Gasteiger partial charge in [-0.15, -0.1) is 0 Å². The minimum absolute atomic E-state index is 0.0925. The topological polar surface area (TPSA) is 69.6 Å². The van der Waals surface area contributed by atoms with E-state index in [9.17, 15) is 14.7 Å². The number of nitrogens with one attached hydrogen (secondary N) is 1. The smallest absolute Gasteiger partial charge is 0.310 e. The first-order valence-corrected chi connectivity index (χ1v) is 7.77. The molecule has 20 heavy (non-hydrogen) atoms. The van der Waals surface area contributed by atoms with Crippen LogP contribution in [-0.4, -0.2) is 47.1 Å². The molecule has 2 aliphatic rings. The molecule has 2 fully saturated rings. The third-order valence-electron chi connectivity index (χ3n) is 4.95. The number of carboxylic acids is 1. The number of carboxylic acid groups (broad SMARTS) is 1. The molecule has 5 nitrogen and oxygen atoms in total. The average Bonchev–Trinajstić information content (AvgIpc) is 3.17. The normalized spacial score (nSPS) is 23.8. The van der Waals surface area contributed by atoms with E-state index in [1.807, 2.05) is 13.8 Å². The maximum absolute atomic E-state index is 12.1. The van der Waals surface area contributed by atoms with E-state index in [4.69, 9.17) is 0 Å². The molecule has 1 saturated heterocycles. The van der Waals surface area contributed by atoms with Crippen LogP contribution in [0.3, 0.4) is 0 Å². The molecule has 2 rings (SSSR count). The number of hydrogen-bond acceptors (Lipinski definition) is 3. The monoisotopic (exact) mass is 282 g/mol. The van der Waals surface area contributed by atoms with Gasteiger partial charge in [0, 0.05) is 31.6 Å². The lowest BCUT2D eigenvalue weighted by Gasteiger charge is -2.26. The quantitative estimate of drug-likeness (QED) is 0.744. The minimum Gasteiger partial charge on any atom is -0.481 e. The van der Waals surface area contributed by atoms with Crippen molar-refractivity contribution >= 4 is 11.9 Å². The Hall–Kier alpha value is -1.10. The molecule has 0 aromatic carbocycles. The summed E-state index contributed by atoms with van der Waals surface area (Å²) in [7, 11) is 0. The van der Waals surface area contributed by atoms with E-state index in [0.29, 0.717) is 12.8 Å². The van der Waals surface area contributed by atoms with E-state index >= 15 is 0 Å². The lowest BCUT2D eigenvalue weighted by molar-refractivity contribution is -0.152. The summed E-state index contributed by atoms with van der Waals surface area (Å²) in [6.45, 7) is 5.67. The van der Waals surface area contributed by atoms with Crippen LogP contribution in [0.2, 0.25) is 0 Å². The van der Waals surface area contributed by atoms with Crippen molar-refractivity contribution in [2.45, 2.75) is 64.5 Å². The van der Waals surface area contributed by atoms with E-state index in [1.54, 1.807) is 0 Å². The first-order chi connectivity index (χ1) is 9.50. The number of aliphatic carboxylic acids is 1. The molecule has 0 bridgehead atoms. The SMILES string of the molecule is CCC(CC)(CC(=O)NC1CCN(C2CC2)C1)C(=O)O. The number of likely N-dealkylation sites (tertiary alicyclic amines) is 1. The summed E-state index contributed by atoms with van der Waals surface area (Å²) in [5.41, 5.74) is -0.904. The second-order valence-corrected chi connectivity index (χ2v) is 6.25. The first kappa shape index (κ1) is 15.3. The van der Waals surface area contributed by atoms with Crippen LogP contribution < -0.4 is 5.32 Å². The maximum atomic E-state index is 12.1.